The third kappa shape index (κ3) is 4.31. The number of halogens is 2. The molecule has 1 saturated heterocycles. The first-order valence-electron chi connectivity index (χ1n) is 9.22. The van der Waals surface area contributed by atoms with Crippen molar-refractivity contribution in [3.63, 3.8) is 0 Å². The van der Waals surface area contributed by atoms with Crippen LogP contribution in [0.1, 0.15) is 10.4 Å². The first-order chi connectivity index (χ1) is 14.1. The molecule has 1 amide bonds. The second kappa shape index (κ2) is 8.22. The zero-order chi connectivity index (χ0) is 20.2. The van der Waals surface area contributed by atoms with E-state index in [-0.39, 0.29) is 5.69 Å². The van der Waals surface area contributed by atoms with Gasteiger partial charge in [-0.3, -0.25) is 9.78 Å². The number of anilines is 3. The summed E-state index contributed by atoms with van der Waals surface area (Å²) in [5.74, 6) is -1.46. The van der Waals surface area contributed by atoms with Crippen molar-refractivity contribution in [1.29, 1.82) is 0 Å². The number of carbonyl (C=O) groups excluding carboxylic acids is 1. The monoisotopic (exact) mass is 395 g/mol. The molecule has 148 valence electrons. The molecular weight excluding hydrogens is 376 g/mol. The zero-order valence-electron chi connectivity index (χ0n) is 15.6. The first kappa shape index (κ1) is 18.8. The molecule has 0 saturated carbocycles. The number of nitrogens with zero attached hydrogens (tertiary/aromatic N) is 4. The maximum Gasteiger partial charge on any atom is 0.257 e. The summed E-state index contributed by atoms with van der Waals surface area (Å²) in [5, 5.41) is 2.56. The molecule has 1 N–H and O–H groups in total. The first-order valence-corrected chi connectivity index (χ1v) is 9.22. The van der Waals surface area contributed by atoms with E-state index in [1.54, 1.807) is 18.5 Å². The number of pyridine rings is 2. The number of nitrogens with one attached hydrogen (secondary N) is 1. The standard InChI is InChI=1S/C21H19F2N5O/c22-18-5-4-16(12-19(18)23)26-21(29)15-11-17(14-24-13-15)27-7-9-28(10-8-27)20-3-1-2-6-25-20/h1-6,11-14H,7-10H2,(H,26,29). The van der Waals surface area contributed by atoms with Gasteiger partial charge in [-0.15, -0.1) is 0 Å². The number of aromatic nitrogens is 2. The highest BCUT2D eigenvalue weighted by Gasteiger charge is 2.19. The van der Waals surface area contributed by atoms with Crippen LogP contribution < -0.4 is 15.1 Å². The van der Waals surface area contributed by atoms with E-state index in [0.29, 0.717) is 5.56 Å². The van der Waals surface area contributed by atoms with Crippen LogP contribution in [-0.2, 0) is 0 Å². The van der Waals surface area contributed by atoms with Gasteiger partial charge in [-0.05, 0) is 30.3 Å². The molecule has 3 aromatic rings. The highest BCUT2D eigenvalue weighted by molar-refractivity contribution is 6.04. The van der Waals surface area contributed by atoms with E-state index in [0.717, 1.165) is 49.8 Å². The predicted octanol–water partition coefficient (Wildman–Crippen LogP) is 3.33. The minimum absolute atomic E-state index is 0.184. The van der Waals surface area contributed by atoms with Crippen LogP contribution in [0.2, 0.25) is 0 Å². The Morgan fingerprint density at radius 1 is 0.931 bits per heavy atom. The lowest BCUT2D eigenvalue weighted by atomic mass is 10.2. The Hall–Kier alpha value is -3.55. The average molecular weight is 395 g/mol. The van der Waals surface area contributed by atoms with Gasteiger partial charge in [0.2, 0.25) is 0 Å². The molecule has 0 aliphatic carbocycles. The number of hydrogen-bond acceptors (Lipinski definition) is 5. The summed E-state index contributed by atoms with van der Waals surface area (Å²) in [4.78, 5) is 25.4. The SMILES string of the molecule is O=C(Nc1ccc(F)c(F)c1)c1cncc(N2CCN(c3ccccn3)CC2)c1. The van der Waals surface area contributed by atoms with E-state index in [4.69, 9.17) is 0 Å². The van der Waals surface area contributed by atoms with Crippen LogP contribution in [0.3, 0.4) is 0 Å². The molecule has 1 aliphatic heterocycles. The van der Waals surface area contributed by atoms with Gasteiger partial charge in [-0.25, -0.2) is 13.8 Å². The van der Waals surface area contributed by atoms with Crippen LogP contribution in [0.4, 0.5) is 26.0 Å². The van der Waals surface area contributed by atoms with Crippen molar-refractivity contribution in [2.45, 2.75) is 0 Å². The van der Waals surface area contributed by atoms with E-state index < -0.39 is 17.5 Å². The average Bonchev–Trinajstić information content (AvgIpc) is 2.77. The van der Waals surface area contributed by atoms with Gasteiger partial charge in [-0.2, -0.15) is 0 Å². The van der Waals surface area contributed by atoms with Crippen molar-refractivity contribution in [2.24, 2.45) is 0 Å². The van der Waals surface area contributed by atoms with E-state index in [2.05, 4.69) is 25.1 Å². The van der Waals surface area contributed by atoms with Gasteiger partial charge in [0.25, 0.3) is 5.91 Å². The minimum Gasteiger partial charge on any atom is -0.367 e. The van der Waals surface area contributed by atoms with Crippen LogP contribution in [0.5, 0.6) is 0 Å². The molecule has 0 bridgehead atoms. The summed E-state index contributed by atoms with van der Waals surface area (Å²) in [5.41, 5.74) is 1.37. The lowest BCUT2D eigenvalue weighted by molar-refractivity contribution is 0.102. The van der Waals surface area contributed by atoms with Crippen molar-refractivity contribution in [3.8, 4) is 0 Å². The zero-order valence-corrected chi connectivity index (χ0v) is 15.6. The van der Waals surface area contributed by atoms with Crippen LogP contribution >= 0.6 is 0 Å². The fourth-order valence-corrected chi connectivity index (χ4v) is 3.24. The Kier molecular flexibility index (Phi) is 5.33. The molecule has 29 heavy (non-hydrogen) atoms. The molecule has 1 fully saturated rings. The van der Waals surface area contributed by atoms with Gasteiger partial charge in [0.15, 0.2) is 11.6 Å². The van der Waals surface area contributed by atoms with Crippen molar-refractivity contribution in [3.05, 3.63) is 78.3 Å². The van der Waals surface area contributed by atoms with Crippen LogP contribution in [0.25, 0.3) is 0 Å². The van der Waals surface area contributed by atoms with Crippen LogP contribution in [0.15, 0.2) is 61.1 Å². The van der Waals surface area contributed by atoms with Gasteiger partial charge < -0.3 is 15.1 Å². The summed E-state index contributed by atoms with van der Waals surface area (Å²) in [7, 11) is 0. The fraction of sp³-hybridized carbons (Fsp3) is 0.190. The van der Waals surface area contributed by atoms with Crippen molar-refractivity contribution in [2.75, 3.05) is 41.3 Å². The molecule has 6 nitrogen and oxygen atoms in total. The Bertz CT molecular complexity index is 1010. The number of piperazine rings is 1. The molecule has 0 unspecified atom stereocenters. The van der Waals surface area contributed by atoms with E-state index in [1.807, 2.05) is 18.2 Å². The third-order valence-corrected chi connectivity index (χ3v) is 4.78. The Balaban J connectivity index is 1.42. The maximum atomic E-state index is 13.3. The highest BCUT2D eigenvalue weighted by Crippen LogP contribution is 2.20. The van der Waals surface area contributed by atoms with Gasteiger partial charge in [0.1, 0.15) is 5.82 Å². The second-order valence-electron chi connectivity index (χ2n) is 6.68. The summed E-state index contributed by atoms with van der Waals surface area (Å²) in [6.07, 6.45) is 4.94. The molecule has 0 spiro atoms. The Morgan fingerprint density at radius 3 is 2.45 bits per heavy atom. The van der Waals surface area contributed by atoms with Gasteiger partial charge in [0.05, 0.1) is 17.4 Å². The van der Waals surface area contributed by atoms with Crippen LogP contribution in [0, 0.1) is 11.6 Å². The second-order valence-corrected chi connectivity index (χ2v) is 6.68. The van der Waals surface area contributed by atoms with Crippen molar-refractivity contribution < 1.29 is 13.6 Å². The molecule has 1 aliphatic rings. The molecule has 4 rings (SSSR count). The predicted molar refractivity (Wildman–Crippen MR) is 107 cm³/mol. The molecule has 2 aromatic heterocycles. The van der Waals surface area contributed by atoms with Gasteiger partial charge in [-0.1, -0.05) is 6.07 Å². The number of carbonyl (C=O) groups is 1. The van der Waals surface area contributed by atoms with Crippen molar-refractivity contribution >= 4 is 23.1 Å². The molecule has 3 heterocycles. The number of hydrogen-bond donors (Lipinski definition) is 1. The normalized spacial score (nSPS) is 14.0. The summed E-state index contributed by atoms with van der Waals surface area (Å²) >= 11 is 0. The van der Waals surface area contributed by atoms with E-state index >= 15 is 0 Å². The topological polar surface area (TPSA) is 61.4 Å². The fourth-order valence-electron chi connectivity index (χ4n) is 3.24. The number of amides is 1. The summed E-state index contributed by atoms with van der Waals surface area (Å²) in [6, 6.07) is 10.8. The quantitative estimate of drug-likeness (QED) is 0.734. The minimum atomic E-state index is -1.01. The molecule has 0 radical (unpaired) electrons. The lowest BCUT2D eigenvalue weighted by Crippen LogP contribution is -2.46. The smallest absolute Gasteiger partial charge is 0.257 e. The molecular formula is C21H19F2N5O. The summed E-state index contributed by atoms with van der Waals surface area (Å²) in [6.45, 7) is 3.16. The molecule has 1 aromatic carbocycles. The van der Waals surface area contributed by atoms with E-state index in [9.17, 15) is 13.6 Å². The lowest BCUT2D eigenvalue weighted by Gasteiger charge is -2.36. The Labute approximate surface area is 166 Å². The molecule has 8 heteroatoms. The maximum absolute atomic E-state index is 13.3. The number of benzene rings is 1. The number of rotatable bonds is 4. The Morgan fingerprint density at radius 2 is 1.72 bits per heavy atom. The van der Waals surface area contributed by atoms with Gasteiger partial charge in [0, 0.05) is 50.3 Å². The molecule has 0 atom stereocenters. The van der Waals surface area contributed by atoms with E-state index in [1.165, 1.54) is 12.3 Å². The third-order valence-electron chi connectivity index (χ3n) is 4.78. The van der Waals surface area contributed by atoms with Crippen LogP contribution in [-0.4, -0.2) is 42.1 Å². The largest absolute Gasteiger partial charge is 0.367 e. The van der Waals surface area contributed by atoms with Gasteiger partial charge >= 0.3 is 0 Å². The van der Waals surface area contributed by atoms with Crippen molar-refractivity contribution in [1.82, 2.24) is 9.97 Å². The highest BCUT2D eigenvalue weighted by atomic mass is 19.2. The summed E-state index contributed by atoms with van der Waals surface area (Å²) < 4.78 is 26.4.